The van der Waals surface area contributed by atoms with Gasteiger partial charge in [-0.05, 0) is 19.3 Å². The molecule has 3 heterocycles. The fourth-order valence-corrected chi connectivity index (χ4v) is 2.99. The molecule has 1 fully saturated rings. The number of methoxy groups -OCH3 is 1. The van der Waals surface area contributed by atoms with E-state index in [1.54, 1.807) is 18.1 Å². The Morgan fingerprint density at radius 2 is 2.13 bits per heavy atom. The minimum Gasteiger partial charge on any atom is -0.481 e. The van der Waals surface area contributed by atoms with Crippen LogP contribution in [0.3, 0.4) is 0 Å². The Balaban J connectivity index is 1.51. The van der Waals surface area contributed by atoms with Crippen molar-refractivity contribution in [1.82, 2.24) is 20.0 Å². The normalized spacial score (nSPS) is 17.5. The molecule has 2 aromatic heterocycles. The predicted octanol–water partition coefficient (Wildman–Crippen LogP) is 1.59. The zero-order valence-corrected chi connectivity index (χ0v) is 13.0. The molecule has 0 spiro atoms. The van der Waals surface area contributed by atoms with Crippen molar-refractivity contribution < 1.29 is 14.1 Å². The van der Waals surface area contributed by atoms with Gasteiger partial charge in [0.25, 0.3) is 5.91 Å². The zero-order chi connectivity index (χ0) is 15.8. The Bertz CT molecular complexity index is 739. The smallest absolute Gasteiger partial charge is 0.276 e. The maximum Gasteiger partial charge on any atom is 0.276 e. The molecule has 23 heavy (non-hydrogen) atoms. The van der Waals surface area contributed by atoms with E-state index < -0.39 is 0 Å². The highest BCUT2D eigenvalue weighted by Crippen LogP contribution is 2.40. The van der Waals surface area contributed by atoms with E-state index in [4.69, 9.17) is 9.26 Å². The third kappa shape index (κ3) is 2.67. The van der Waals surface area contributed by atoms with Crippen LogP contribution in [0.1, 0.15) is 46.3 Å². The monoisotopic (exact) mass is 314 g/mol. The molecule has 2 aromatic rings. The van der Waals surface area contributed by atoms with Crippen LogP contribution in [0.15, 0.2) is 16.9 Å². The van der Waals surface area contributed by atoms with Gasteiger partial charge in [0.15, 0.2) is 5.69 Å². The summed E-state index contributed by atoms with van der Waals surface area (Å²) < 4.78 is 10.6. The van der Waals surface area contributed by atoms with Gasteiger partial charge in [-0.3, -0.25) is 4.79 Å². The molecular formula is C16H18N4O3. The van der Waals surface area contributed by atoms with Crippen molar-refractivity contribution >= 4 is 5.91 Å². The van der Waals surface area contributed by atoms with E-state index in [1.807, 2.05) is 0 Å². The summed E-state index contributed by atoms with van der Waals surface area (Å²) in [5, 5.41) is 3.95. The quantitative estimate of drug-likeness (QED) is 0.856. The van der Waals surface area contributed by atoms with Crippen molar-refractivity contribution in [3.05, 3.63) is 35.1 Å². The summed E-state index contributed by atoms with van der Waals surface area (Å²) in [6, 6.07) is 1.79. The lowest BCUT2D eigenvalue weighted by Gasteiger charge is -2.18. The molecule has 0 N–H and O–H groups in total. The summed E-state index contributed by atoms with van der Waals surface area (Å²) in [7, 11) is 1.60. The second-order valence-electron chi connectivity index (χ2n) is 5.99. The predicted molar refractivity (Wildman–Crippen MR) is 80.4 cm³/mol. The van der Waals surface area contributed by atoms with Crippen LogP contribution in [0.4, 0.5) is 0 Å². The Hall–Kier alpha value is -2.44. The van der Waals surface area contributed by atoms with Crippen molar-refractivity contribution in [1.29, 1.82) is 0 Å². The summed E-state index contributed by atoms with van der Waals surface area (Å²) in [6.07, 6.45) is 5.13. The largest absolute Gasteiger partial charge is 0.481 e. The van der Waals surface area contributed by atoms with E-state index in [0.717, 1.165) is 29.9 Å². The lowest BCUT2D eigenvalue weighted by Crippen LogP contribution is -2.33. The molecule has 0 bridgehead atoms. The molecule has 1 aliphatic carbocycles. The van der Waals surface area contributed by atoms with Gasteiger partial charge in [0, 0.05) is 37.1 Å². The Morgan fingerprint density at radius 3 is 2.91 bits per heavy atom. The summed E-state index contributed by atoms with van der Waals surface area (Å²) in [6.45, 7) is 1.21. The molecule has 4 rings (SSSR count). The Morgan fingerprint density at radius 1 is 1.30 bits per heavy atom. The van der Waals surface area contributed by atoms with Crippen LogP contribution in [0.25, 0.3) is 0 Å². The average Bonchev–Trinajstić information content (AvgIpc) is 3.35. The first kappa shape index (κ1) is 14.2. The van der Waals surface area contributed by atoms with Crippen molar-refractivity contribution in [3.63, 3.8) is 0 Å². The van der Waals surface area contributed by atoms with Gasteiger partial charge >= 0.3 is 0 Å². The molecule has 7 nitrogen and oxygen atoms in total. The van der Waals surface area contributed by atoms with Crippen molar-refractivity contribution in [3.8, 4) is 5.88 Å². The molecule has 0 atom stereocenters. The molecule has 1 aliphatic heterocycles. The summed E-state index contributed by atoms with van der Waals surface area (Å²) >= 11 is 0. The van der Waals surface area contributed by atoms with Crippen LogP contribution in [0.5, 0.6) is 5.88 Å². The van der Waals surface area contributed by atoms with Crippen LogP contribution >= 0.6 is 0 Å². The van der Waals surface area contributed by atoms with Crippen molar-refractivity contribution in [2.75, 3.05) is 20.2 Å². The van der Waals surface area contributed by atoms with Crippen LogP contribution in [-0.2, 0) is 12.8 Å². The molecule has 7 heteroatoms. The molecular weight excluding hydrogens is 296 g/mol. The van der Waals surface area contributed by atoms with Crippen LogP contribution in [0, 0.1) is 0 Å². The first-order valence-corrected chi connectivity index (χ1v) is 7.89. The van der Waals surface area contributed by atoms with E-state index in [9.17, 15) is 4.79 Å². The molecule has 0 aromatic carbocycles. The second kappa shape index (κ2) is 5.64. The van der Waals surface area contributed by atoms with Gasteiger partial charge in [-0.2, -0.15) is 0 Å². The van der Waals surface area contributed by atoms with E-state index in [1.165, 1.54) is 6.33 Å². The van der Waals surface area contributed by atoms with Gasteiger partial charge in [0.05, 0.1) is 12.8 Å². The topological polar surface area (TPSA) is 81.4 Å². The van der Waals surface area contributed by atoms with Gasteiger partial charge in [-0.15, -0.1) is 0 Å². The SMILES string of the molecule is COc1ncnc2c1CCN(C(=O)c1cc(C3CC3)on1)CC2. The molecule has 120 valence electrons. The third-order valence-corrected chi connectivity index (χ3v) is 4.45. The molecule has 0 saturated heterocycles. The fourth-order valence-electron chi connectivity index (χ4n) is 2.99. The average molecular weight is 314 g/mol. The van der Waals surface area contributed by atoms with Gasteiger partial charge in [-0.1, -0.05) is 5.16 Å². The Labute approximate surface area is 133 Å². The number of nitrogens with zero attached hydrogens (tertiary/aromatic N) is 4. The molecule has 0 unspecified atom stereocenters. The fraction of sp³-hybridized carbons (Fsp3) is 0.500. The number of carbonyl (C=O) groups is 1. The maximum absolute atomic E-state index is 12.7. The van der Waals surface area contributed by atoms with Crippen LogP contribution in [0.2, 0.25) is 0 Å². The number of rotatable bonds is 3. The lowest BCUT2D eigenvalue weighted by atomic mass is 10.1. The number of hydrogen-bond acceptors (Lipinski definition) is 6. The van der Waals surface area contributed by atoms with Crippen molar-refractivity contribution in [2.45, 2.75) is 31.6 Å². The van der Waals surface area contributed by atoms with Gasteiger partial charge < -0.3 is 14.2 Å². The number of ether oxygens (including phenoxy) is 1. The van der Waals surface area contributed by atoms with E-state index >= 15 is 0 Å². The summed E-state index contributed by atoms with van der Waals surface area (Å²) in [5.41, 5.74) is 2.34. The minimum atomic E-state index is -0.0830. The van der Waals surface area contributed by atoms with Gasteiger partial charge in [0.1, 0.15) is 12.1 Å². The number of carbonyl (C=O) groups excluding carboxylic acids is 1. The second-order valence-corrected chi connectivity index (χ2v) is 5.99. The Kier molecular flexibility index (Phi) is 3.48. The summed E-state index contributed by atoms with van der Waals surface area (Å²) in [5.74, 6) is 1.80. The molecule has 2 aliphatic rings. The molecule has 1 amide bonds. The van der Waals surface area contributed by atoms with Gasteiger partial charge in [-0.25, -0.2) is 9.97 Å². The van der Waals surface area contributed by atoms with E-state index in [0.29, 0.717) is 43.4 Å². The highest BCUT2D eigenvalue weighted by atomic mass is 16.5. The summed E-state index contributed by atoms with van der Waals surface area (Å²) in [4.78, 5) is 22.9. The zero-order valence-electron chi connectivity index (χ0n) is 13.0. The number of fused-ring (bicyclic) bond motifs is 1. The first-order valence-electron chi connectivity index (χ1n) is 7.89. The van der Waals surface area contributed by atoms with Crippen LogP contribution in [-0.4, -0.2) is 46.1 Å². The standard InChI is InChI=1S/C16H18N4O3/c1-22-15-11-4-6-20(7-5-12(11)17-9-18-15)16(21)13-8-14(23-19-13)10-2-3-10/h8-10H,2-7H2,1H3. The number of amides is 1. The number of hydrogen-bond donors (Lipinski definition) is 0. The van der Waals surface area contributed by atoms with E-state index in [2.05, 4.69) is 15.1 Å². The lowest BCUT2D eigenvalue weighted by molar-refractivity contribution is 0.0752. The maximum atomic E-state index is 12.7. The highest BCUT2D eigenvalue weighted by molar-refractivity contribution is 5.92. The highest BCUT2D eigenvalue weighted by Gasteiger charge is 2.30. The molecule has 0 radical (unpaired) electrons. The van der Waals surface area contributed by atoms with E-state index in [-0.39, 0.29) is 5.91 Å². The van der Waals surface area contributed by atoms with Gasteiger partial charge in [0.2, 0.25) is 5.88 Å². The molecule has 1 saturated carbocycles. The van der Waals surface area contributed by atoms with Crippen LogP contribution < -0.4 is 4.74 Å². The third-order valence-electron chi connectivity index (χ3n) is 4.45. The first-order chi connectivity index (χ1) is 11.3. The number of aromatic nitrogens is 3. The van der Waals surface area contributed by atoms with Crippen molar-refractivity contribution in [2.24, 2.45) is 0 Å². The minimum absolute atomic E-state index is 0.0830.